The Hall–Kier alpha value is -3.81. The van der Waals surface area contributed by atoms with Crippen molar-refractivity contribution in [1.82, 2.24) is 0 Å². The topological polar surface area (TPSA) is 211 Å². The maximum absolute atomic E-state index is 13.7. The van der Waals surface area contributed by atoms with Gasteiger partial charge in [-0.25, -0.2) is 0 Å². The van der Waals surface area contributed by atoms with Gasteiger partial charge in [-0.3, -0.25) is 4.79 Å². The van der Waals surface area contributed by atoms with E-state index in [9.17, 15) is 45.6 Å². The monoisotopic (exact) mass is 532 g/mol. The second-order valence-corrected chi connectivity index (χ2v) is 9.19. The first-order valence-corrected chi connectivity index (χ1v) is 11.6. The smallest absolute Gasteiger partial charge is 0.239 e. The maximum Gasteiger partial charge on any atom is 0.239 e. The molecule has 1 saturated heterocycles. The van der Waals surface area contributed by atoms with Crippen LogP contribution in [0, 0.1) is 0 Å². The van der Waals surface area contributed by atoms with Crippen LogP contribution < -0.4 is 10.2 Å². The molecule has 1 aliphatic rings. The Morgan fingerprint density at radius 2 is 1.68 bits per heavy atom. The molecule has 0 unspecified atom stereocenters. The van der Waals surface area contributed by atoms with Crippen LogP contribution in [0.3, 0.4) is 0 Å². The van der Waals surface area contributed by atoms with Crippen LogP contribution in [0.25, 0.3) is 22.3 Å². The highest BCUT2D eigenvalue weighted by atomic mass is 16.7. The van der Waals surface area contributed by atoms with E-state index < -0.39 is 65.7 Å². The van der Waals surface area contributed by atoms with Gasteiger partial charge in [-0.2, -0.15) is 0 Å². The van der Waals surface area contributed by atoms with Crippen LogP contribution >= 0.6 is 0 Å². The van der Waals surface area contributed by atoms with Crippen molar-refractivity contribution in [2.75, 3.05) is 6.61 Å². The molecule has 12 heteroatoms. The summed E-state index contributed by atoms with van der Waals surface area (Å²) in [6, 6.07) is 4.58. The molecular weight excluding hydrogens is 504 g/mol. The maximum atomic E-state index is 13.7. The third kappa shape index (κ3) is 4.87. The average molecular weight is 532 g/mol. The molecule has 1 aromatic heterocycles. The predicted octanol–water partition coefficient (Wildman–Crippen LogP) is 0.970. The van der Waals surface area contributed by atoms with E-state index in [1.807, 2.05) is 13.8 Å². The number of aromatic hydroxyl groups is 4. The van der Waals surface area contributed by atoms with Crippen LogP contribution in [0.4, 0.5) is 0 Å². The molecule has 12 nitrogen and oxygen atoms in total. The quantitative estimate of drug-likeness (QED) is 0.165. The van der Waals surface area contributed by atoms with Gasteiger partial charge >= 0.3 is 0 Å². The molecule has 0 aliphatic carbocycles. The molecule has 1 fully saturated rings. The normalized spacial score (nSPS) is 23.4. The summed E-state index contributed by atoms with van der Waals surface area (Å²) in [5.74, 6) is -2.92. The molecule has 0 bridgehead atoms. The standard InChI is InChI=1S/C26H28O12/c1-10(2)3-5-12-14(29)8-16-18(19(12)31)21(33)25(24(36-16)11-4-6-13(28)15(30)7-11)38-26-23(35)22(34)20(32)17(9-27)37-26/h3-4,6-8,17,20,22-23,26-32,34-35H,5,9H2,1-2H3/t17-,20-,22+,23-,26+/m1/s1. The van der Waals surface area contributed by atoms with Crippen molar-refractivity contribution in [2.24, 2.45) is 0 Å². The van der Waals surface area contributed by atoms with E-state index in [2.05, 4.69) is 0 Å². The van der Waals surface area contributed by atoms with E-state index in [1.54, 1.807) is 6.08 Å². The second kappa shape index (κ2) is 10.5. The molecular formula is C26H28O12. The largest absolute Gasteiger partial charge is 0.507 e. The van der Waals surface area contributed by atoms with Gasteiger partial charge in [0.1, 0.15) is 46.9 Å². The average Bonchev–Trinajstić information content (AvgIpc) is 2.86. The van der Waals surface area contributed by atoms with Crippen molar-refractivity contribution >= 4 is 11.0 Å². The second-order valence-electron chi connectivity index (χ2n) is 9.19. The lowest BCUT2D eigenvalue weighted by atomic mass is 9.99. The highest BCUT2D eigenvalue weighted by molar-refractivity contribution is 5.90. The van der Waals surface area contributed by atoms with Crippen molar-refractivity contribution in [3.63, 3.8) is 0 Å². The molecule has 4 rings (SSSR count). The Labute approximate surface area is 215 Å². The third-order valence-electron chi connectivity index (χ3n) is 6.23. The van der Waals surface area contributed by atoms with Gasteiger partial charge in [0.2, 0.25) is 17.5 Å². The van der Waals surface area contributed by atoms with Crippen molar-refractivity contribution in [3.05, 3.63) is 51.7 Å². The molecule has 0 amide bonds. The molecule has 38 heavy (non-hydrogen) atoms. The number of phenolic OH excluding ortho intramolecular Hbond substituents is 4. The number of benzene rings is 2. The number of hydrogen-bond acceptors (Lipinski definition) is 12. The molecule has 0 saturated carbocycles. The number of allylic oxidation sites excluding steroid dienone is 2. The van der Waals surface area contributed by atoms with Crippen LogP contribution in [0.5, 0.6) is 28.7 Å². The molecule has 2 heterocycles. The van der Waals surface area contributed by atoms with Gasteiger partial charge in [0.15, 0.2) is 17.3 Å². The van der Waals surface area contributed by atoms with Gasteiger partial charge in [-0.1, -0.05) is 11.6 Å². The van der Waals surface area contributed by atoms with Crippen LogP contribution in [0.1, 0.15) is 19.4 Å². The summed E-state index contributed by atoms with van der Waals surface area (Å²) in [4.78, 5) is 13.7. The van der Waals surface area contributed by atoms with Crippen LogP contribution in [0.15, 0.2) is 45.1 Å². The van der Waals surface area contributed by atoms with Gasteiger partial charge in [0.05, 0.1) is 6.61 Å². The molecule has 0 spiro atoms. The van der Waals surface area contributed by atoms with Crippen LogP contribution in [-0.2, 0) is 11.2 Å². The molecule has 204 valence electrons. The molecule has 3 aromatic rings. The van der Waals surface area contributed by atoms with Crippen LogP contribution in [0.2, 0.25) is 0 Å². The van der Waals surface area contributed by atoms with Gasteiger partial charge in [0, 0.05) is 17.2 Å². The molecule has 8 N–H and O–H groups in total. The first-order chi connectivity index (χ1) is 17.9. The van der Waals surface area contributed by atoms with E-state index >= 15 is 0 Å². The van der Waals surface area contributed by atoms with Gasteiger partial charge in [-0.05, 0) is 38.5 Å². The zero-order valence-electron chi connectivity index (χ0n) is 20.4. The summed E-state index contributed by atoms with van der Waals surface area (Å²) in [7, 11) is 0. The Balaban J connectivity index is 1.95. The minimum Gasteiger partial charge on any atom is -0.507 e. The van der Waals surface area contributed by atoms with Crippen molar-refractivity contribution < 1.29 is 54.7 Å². The predicted molar refractivity (Wildman–Crippen MR) is 132 cm³/mol. The fourth-order valence-corrected chi connectivity index (χ4v) is 4.10. The number of fused-ring (bicyclic) bond motifs is 1. The number of aliphatic hydroxyl groups excluding tert-OH is 4. The van der Waals surface area contributed by atoms with E-state index in [-0.39, 0.29) is 40.0 Å². The first-order valence-electron chi connectivity index (χ1n) is 11.6. The molecule has 1 aliphatic heterocycles. The molecule has 2 aromatic carbocycles. The fourth-order valence-electron chi connectivity index (χ4n) is 4.10. The lowest BCUT2D eigenvalue weighted by Crippen LogP contribution is -2.60. The van der Waals surface area contributed by atoms with Crippen molar-refractivity contribution in [1.29, 1.82) is 0 Å². The summed E-state index contributed by atoms with van der Waals surface area (Å²) in [5, 5.41) is 81.0. The minimum atomic E-state index is -1.87. The first kappa shape index (κ1) is 27.2. The summed E-state index contributed by atoms with van der Waals surface area (Å²) < 4.78 is 16.8. The number of aliphatic hydroxyl groups is 4. The number of rotatable bonds is 6. The minimum absolute atomic E-state index is 0.0199. The lowest BCUT2D eigenvalue weighted by molar-refractivity contribution is -0.277. The van der Waals surface area contributed by atoms with Crippen molar-refractivity contribution in [2.45, 2.75) is 51.0 Å². The Bertz CT molecular complexity index is 1440. The van der Waals surface area contributed by atoms with Crippen molar-refractivity contribution in [3.8, 4) is 40.1 Å². The molecule has 0 radical (unpaired) electrons. The number of ether oxygens (including phenoxy) is 2. The number of hydrogen-bond donors (Lipinski definition) is 8. The lowest BCUT2D eigenvalue weighted by Gasteiger charge is -2.39. The van der Waals surface area contributed by atoms with E-state index in [4.69, 9.17) is 13.9 Å². The SMILES string of the molecule is CC(C)=CCc1c(O)cc2oc(-c3ccc(O)c(O)c3)c(O[C@@H]3O[C@H](CO)[C@@H](O)[C@H](O)[C@H]3O)c(=O)c2c1O. The van der Waals surface area contributed by atoms with Crippen LogP contribution in [-0.4, -0.2) is 78.2 Å². The number of phenols is 4. The molecule has 5 atom stereocenters. The van der Waals surface area contributed by atoms with E-state index in [0.717, 1.165) is 23.8 Å². The Kier molecular flexibility index (Phi) is 7.54. The zero-order valence-corrected chi connectivity index (χ0v) is 20.4. The zero-order chi connectivity index (χ0) is 27.9. The Morgan fingerprint density at radius 1 is 0.974 bits per heavy atom. The fraction of sp³-hybridized carbons (Fsp3) is 0.346. The highest BCUT2D eigenvalue weighted by Gasteiger charge is 2.45. The van der Waals surface area contributed by atoms with Gasteiger partial charge in [0.25, 0.3) is 0 Å². The summed E-state index contributed by atoms with van der Waals surface area (Å²) in [5.41, 5.74) is -0.243. The highest BCUT2D eigenvalue weighted by Crippen LogP contribution is 2.41. The van der Waals surface area contributed by atoms with Gasteiger partial charge < -0.3 is 54.7 Å². The van der Waals surface area contributed by atoms with E-state index in [1.165, 1.54) is 6.07 Å². The summed E-state index contributed by atoms with van der Waals surface area (Å²) >= 11 is 0. The third-order valence-corrected chi connectivity index (χ3v) is 6.23. The Morgan fingerprint density at radius 3 is 2.32 bits per heavy atom. The van der Waals surface area contributed by atoms with E-state index in [0.29, 0.717) is 0 Å². The van der Waals surface area contributed by atoms with Gasteiger partial charge in [-0.15, -0.1) is 0 Å². The summed E-state index contributed by atoms with van der Waals surface area (Å²) in [6.07, 6.45) is -6.66. The summed E-state index contributed by atoms with van der Waals surface area (Å²) in [6.45, 7) is 2.88.